The van der Waals surface area contributed by atoms with E-state index >= 15 is 0 Å². The Morgan fingerprint density at radius 2 is 2.11 bits per heavy atom. The minimum atomic E-state index is 0.465. The van der Waals surface area contributed by atoms with Crippen LogP contribution in [0.1, 0.15) is 37.9 Å². The molecule has 0 saturated heterocycles. The molecule has 0 unspecified atom stereocenters. The van der Waals surface area contributed by atoms with Gasteiger partial charge in [-0.15, -0.1) is 0 Å². The molecule has 1 aliphatic rings. The molecule has 0 amide bonds. The maximum absolute atomic E-state index is 4.42. The zero-order chi connectivity index (χ0) is 13.7. The first-order valence-corrected chi connectivity index (χ1v) is 7.45. The topological polar surface area (TPSA) is 33.1 Å². The number of aromatic nitrogens is 2. The molecule has 1 aromatic rings. The van der Waals surface area contributed by atoms with Gasteiger partial charge in [0.2, 0.25) is 0 Å². The summed E-state index contributed by atoms with van der Waals surface area (Å²) in [6.45, 7) is 3.24. The van der Waals surface area contributed by atoms with E-state index in [1.54, 1.807) is 0 Å². The largest absolute Gasteiger partial charge is 0.337 e. The lowest BCUT2D eigenvalue weighted by atomic mass is 9.73. The second kappa shape index (κ2) is 6.53. The summed E-state index contributed by atoms with van der Waals surface area (Å²) in [5.41, 5.74) is 0.465. The average molecular weight is 264 g/mol. The lowest BCUT2D eigenvalue weighted by Crippen LogP contribution is -2.43. The van der Waals surface area contributed by atoms with Crippen molar-refractivity contribution in [1.82, 2.24) is 19.8 Å². The second-order valence-electron chi connectivity index (χ2n) is 6.22. The smallest absolute Gasteiger partial charge is 0.122 e. The van der Waals surface area contributed by atoms with Crippen LogP contribution in [0.3, 0.4) is 0 Å². The molecule has 0 bridgehead atoms. The Morgan fingerprint density at radius 1 is 1.37 bits per heavy atom. The number of nitrogens with one attached hydrogen (secondary N) is 1. The SMILES string of the molecule is CNCC1(CN(C)Cc2nccn2C)CCCCC1. The molecule has 19 heavy (non-hydrogen) atoms. The van der Waals surface area contributed by atoms with Crippen molar-refractivity contribution in [3.05, 3.63) is 18.2 Å². The van der Waals surface area contributed by atoms with Gasteiger partial charge in [-0.25, -0.2) is 4.98 Å². The van der Waals surface area contributed by atoms with Crippen LogP contribution >= 0.6 is 0 Å². The molecule has 108 valence electrons. The molecule has 0 aliphatic heterocycles. The summed E-state index contributed by atoms with van der Waals surface area (Å²) in [6, 6.07) is 0. The fraction of sp³-hybridized carbons (Fsp3) is 0.800. The Balaban J connectivity index is 1.94. The molecule has 1 heterocycles. The highest BCUT2D eigenvalue weighted by atomic mass is 15.2. The van der Waals surface area contributed by atoms with E-state index in [1.807, 2.05) is 12.4 Å². The Labute approximate surface area is 117 Å². The Hall–Kier alpha value is -0.870. The lowest BCUT2D eigenvalue weighted by molar-refractivity contribution is 0.114. The van der Waals surface area contributed by atoms with Crippen molar-refractivity contribution in [2.45, 2.75) is 38.6 Å². The van der Waals surface area contributed by atoms with Gasteiger partial charge in [0.25, 0.3) is 0 Å². The molecule has 1 fully saturated rings. The van der Waals surface area contributed by atoms with Gasteiger partial charge in [0.05, 0.1) is 6.54 Å². The van der Waals surface area contributed by atoms with Crippen LogP contribution in [0, 0.1) is 5.41 Å². The summed E-state index contributed by atoms with van der Waals surface area (Å²) < 4.78 is 2.11. The van der Waals surface area contributed by atoms with Crippen LogP contribution in [0.4, 0.5) is 0 Å². The molecule has 4 heteroatoms. The first-order valence-electron chi connectivity index (χ1n) is 7.45. The highest BCUT2D eigenvalue weighted by Gasteiger charge is 2.32. The number of nitrogens with zero attached hydrogens (tertiary/aromatic N) is 3. The minimum Gasteiger partial charge on any atom is -0.337 e. The molecular weight excluding hydrogens is 236 g/mol. The monoisotopic (exact) mass is 264 g/mol. The van der Waals surface area contributed by atoms with Crippen LogP contribution in [0.25, 0.3) is 0 Å². The third-order valence-corrected chi connectivity index (χ3v) is 4.40. The number of hydrogen-bond acceptors (Lipinski definition) is 3. The van der Waals surface area contributed by atoms with Crippen LogP contribution in [0.2, 0.25) is 0 Å². The predicted molar refractivity (Wildman–Crippen MR) is 79.0 cm³/mol. The maximum Gasteiger partial charge on any atom is 0.122 e. The van der Waals surface area contributed by atoms with Gasteiger partial charge >= 0.3 is 0 Å². The summed E-state index contributed by atoms with van der Waals surface area (Å²) in [7, 11) is 6.37. The molecule has 0 spiro atoms. The fourth-order valence-corrected chi connectivity index (χ4v) is 3.49. The normalized spacial score (nSPS) is 18.9. The number of hydrogen-bond donors (Lipinski definition) is 1. The summed E-state index contributed by atoms with van der Waals surface area (Å²) in [4.78, 5) is 6.86. The van der Waals surface area contributed by atoms with E-state index in [-0.39, 0.29) is 0 Å². The molecule has 1 N–H and O–H groups in total. The molecule has 1 aliphatic carbocycles. The molecule has 0 radical (unpaired) electrons. The van der Waals surface area contributed by atoms with Crippen molar-refractivity contribution < 1.29 is 0 Å². The van der Waals surface area contributed by atoms with E-state index in [2.05, 4.69) is 40.9 Å². The van der Waals surface area contributed by atoms with E-state index in [4.69, 9.17) is 0 Å². The van der Waals surface area contributed by atoms with E-state index in [9.17, 15) is 0 Å². The van der Waals surface area contributed by atoms with E-state index in [0.717, 1.165) is 18.9 Å². The minimum absolute atomic E-state index is 0.465. The van der Waals surface area contributed by atoms with Crippen LogP contribution in [-0.2, 0) is 13.6 Å². The molecule has 4 nitrogen and oxygen atoms in total. The van der Waals surface area contributed by atoms with Crippen molar-refractivity contribution >= 4 is 0 Å². The van der Waals surface area contributed by atoms with Gasteiger partial charge in [-0.3, -0.25) is 4.90 Å². The molecular formula is C15H28N4. The van der Waals surface area contributed by atoms with Gasteiger partial charge < -0.3 is 9.88 Å². The van der Waals surface area contributed by atoms with Gasteiger partial charge in [-0.05, 0) is 32.4 Å². The Kier molecular flexibility index (Phi) is 4.99. The van der Waals surface area contributed by atoms with Crippen LogP contribution in [-0.4, -0.2) is 41.6 Å². The van der Waals surface area contributed by atoms with Crippen LogP contribution in [0.5, 0.6) is 0 Å². The third-order valence-electron chi connectivity index (χ3n) is 4.40. The standard InChI is InChI=1S/C15H28N4/c1-16-12-15(7-5-4-6-8-15)13-18(2)11-14-17-9-10-19(14)3/h9-10,16H,4-8,11-13H2,1-3H3. The van der Waals surface area contributed by atoms with Crippen LogP contribution < -0.4 is 5.32 Å². The van der Waals surface area contributed by atoms with Crippen molar-refractivity contribution in [2.24, 2.45) is 12.5 Å². The summed E-state index contributed by atoms with van der Waals surface area (Å²) in [5, 5.41) is 3.41. The van der Waals surface area contributed by atoms with E-state index < -0.39 is 0 Å². The van der Waals surface area contributed by atoms with E-state index in [1.165, 1.54) is 38.6 Å². The zero-order valence-corrected chi connectivity index (χ0v) is 12.7. The molecule has 1 saturated carbocycles. The quantitative estimate of drug-likeness (QED) is 0.853. The van der Waals surface area contributed by atoms with Gasteiger partial charge in [-0.2, -0.15) is 0 Å². The fourth-order valence-electron chi connectivity index (χ4n) is 3.49. The third kappa shape index (κ3) is 3.80. The maximum atomic E-state index is 4.42. The highest BCUT2D eigenvalue weighted by molar-refractivity contribution is 4.93. The molecule has 0 atom stereocenters. The highest BCUT2D eigenvalue weighted by Crippen LogP contribution is 2.36. The molecule has 2 rings (SSSR count). The van der Waals surface area contributed by atoms with Gasteiger partial charge in [0.1, 0.15) is 5.82 Å². The lowest BCUT2D eigenvalue weighted by Gasteiger charge is -2.40. The zero-order valence-electron chi connectivity index (χ0n) is 12.7. The van der Waals surface area contributed by atoms with Crippen molar-refractivity contribution in [3.8, 4) is 0 Å². The number of imidazole rings is 1. The first-order chi connectivity index (χ1) is 9.15. The summed E-state index contributed by atoms with van der Waals surface area (Å²) in [5.74, 6) is 1.15. The predicted octanol–water partition coefficient (Wildman–Crippen LogP) is 2.02. The summed E-state index contributed by atoms with van der Waals surface area (Å²) >= 11 is 0. The van der Waals surface area contributed by atoms with Gasteiger partial charge in [-0.1, -0.05) is 19.3 Å². The van der Waals surface area contributed by atoms with Crippen molar-refractivity contribution in [2.75, 3.05) is 27.2 Å². The summed E-state index contributed by atoms with van der Waals surface area (Å²) in [6.07, 6.45) is 10.8. The van der Waals surface area contributed by atoms with Gasteiger partial charge in [0.15, 0.2) is 0 Å². The van der Waals surface area contributed by atoms with Crippen molar-refractivity contribution in [1.29, 1.82) is 0 Å². The average Bonchev–Trinajstić information content (AvgIpc) is 2.76. The van der Waals surface area contributed by atoms with E-state index in [0.29, 0.717) is 5.41 Å². The van der Waals surface area contributed by atoms with Gasteiger partial charge in [0, 0.05) is 32.5 Å². The number of aryl methyl sites for hydroxylation is 1. The van der Waals surface area contributed by atoms with Crippen LogP contribution in [0.15, 0.2) is 12.4 Å². The number of rotatable bonds is 6. The molecule has 1 aromatic heterocycles. The first kappa shape index (κ1) is 14.5. The Morgan fingerprint density at radius 3 is 2.68 bits per heavy atom. The second-order valence-corrected chi connectivity index (χ2v) is 6.22. The van der Waals surface area contributed by atoms with Crippen molar-refractivity contribution in [3.63, 3.8) is 0 Å². The Bertz CT molecular complexity index is 374. The molecule has 0 aromatic carbocycles.